The molecule has 2 rings (SSSR count). The molecule has 1 aromatic rings. The quantitative estimate of drug-likeness (QED) is 0.770. The summed E-state index contributed by atoms with van der Waals surface area (Å²) in [5, 5.41) is 7.47. The van der Waals surface area contributed by atoms with Crippen molar-refractivity contribution in [1.82, 2.24) is 15.4 Å². The Hall–Kier alpha value is -0.870. The van der Waals surface area contributed by atoms with Crippen molar-refractivity contribution in [3.05, 3.63) is 17.5 Å². The van der Waals surface area contributed by atoms with Crippen LogP contribution in [0.25, 0.3) is 0 Å². The number of hydrogen-bond acceptors (Lipinski definition) is 4. The molecule has 0 radical (unpaired) electrons. The summed E-state index contributed by atoms with van der Waals surface area (Å²) in [6.45, 7) is 4.89. The molecule has 0 aliphatic heterocycles. The van der Waals surface area contributed by atoms with Gasteiger partial charge in [0.1, 0.15) is 0 Å². The highest BCUT2D eigenvalue weighted by Crippen LogP contribution is 2.22. The molecule has 1 saturated carbocycles. The summed E-state index contributed by atoms with van der Waals surface area (Å²) in [5.41, 5.74) is 1.01. The maximum atomic E-state index is 5.43. The summed E-state index contributed by atoms with van der Waals surface area (Å²) in [7, 11) is 2.20. The fourth-order valence-electron chi connectivity index (χ4n) is 2.80. The summed E-state index contributed by atoms with van der Waals surface area (Å²) >= 11 is 0. The van der Waals surface area contributed by atoms with Crippen LogP contribution in [0, 0.1) is 0 Å². The summed E-state index contributed by atoms with van der Waals surface area (Å²) in [5.74, 6) is 0.987. The second-order valence-corrected chi connectivity index (χ2v) is 5.67. The van der Waals surface area contributed by atoms with Crippen LogP contribution in [0.1, 0.15) is 56.9 Å². The highest BCUT2D eigenvalue weighted by molar-refractivity contribution is 5.05. The Morgan fingerprint density at radius 2 is 2.16 bits per heavy atom. The zero-order valence-electron chi connectivity index (χ0n) is 12.3. The Labute approximate surface area is 116 Å². The van der Waals surface area contributed by atoms with Crippen LogP contribution in [-0.2, 0) is 13.1 Å². The van der Waals surface area contributed by atoms with E-state index in [1.54, 1.807) is 0 Å². The molecule has 4 heteroatoms. The lowest BCUT2D eigenvalue weighted by Crippen LogP contribution is -2.32. The van der Waals surface area contributed by atoms with Gasteiger partial charge >= 0.3 is 0 Å². The number of aromatic nitrogens is 1. The van der Waals surface area contributed by atoms with Gasteiger partial charge in [0, 0.05) is 18.7 Å². The smallest absolute Gasteiger partial charge is 0.151 e. The fraction of sp³-hybridized carbons (Fsp3) is 0.800. The van der Waals surface area contributed by atoms with Crippen LogP contribution in [0.3, 0.4) is 0 Å². The SMILES string of the molecule is CCCNCc1cc(CN(C)C2CCCCC2)on1. The van der Waals surface area contributed by atoms with Crippen molar-refractivity contribution in [2.75, 3.05) is 13.6 Å². The number of rotatable bonds is 7. The van der Waals surface area contributed by atoms with Gasteiger partial charge in [-0.25, -0.2) is 0 Å². The lowest BCUT2D eigenvalue weighted by molar-refractivity contribution is 0.167. The molecule has 19 heavy (non-hydrogen) atoms. The number of hydrogen-bond donors (Lipinski definition) is 1. The fourth-order valence-corrected chi connectivity index (χ4v) is 2.80. The molecule has 108 valence electrons. The van der Waals surface area contributed by atoms with Crippen molar-refractivity contribution in [3.8, 4) is 0 Å². The van der Waals surface area contributed by atoms with Crippen molar-refractivity contribution < 1.29 is 4.52 Å². The number of nitrogens with zero attached hydrogens (tertiary/aromatic N) is 2. The Balaban J connectivity index is 1.78. The largest absolute Gasteiger partial charge is 0.360 e. The van der Waals surface area contributed by atoms with E-state index in [1.807, 2.05) is 0 Å². The predicted molar refractivity (Wildman–Crippen MR) is 76.8 cm³/mol. The summed E-state index contributed by atoms with van der Waals surface area (Å²) < 4.78 is 5.43. The van der Waals surface area contributed by atoms with Crippen LogP contribution < -0.4 is 5.32 Å². The standard InChI is InChI=1S/C15H27N3O/c1-3-9-16-11-13-10-15(19-17-13)12-18(2)14-7-5-4-6-8-14/h10,14,16H,3-9,11-12H2,1-2H3. The van der Waals surface area contributed by atoms with Gasteiger partial charge in [-0.05, 0) is 32.9 Å². The zero-order valence-corrected chi connectivity index (χ0v) is 12.3. The second-order valence-electron chi connectivity index (χ2n) is 5.67. The second kappa shape index (κ2) is 7.65. The molecule has 0 atom stereocenters. The highest BCUT2D eigenvalue weighted by atomic mass is 16.5. The minimum atomic E-state index is 0.723. The normalized spacial score (nSPS) is 17.2. The maximum Gasteiger partial charge on any atom is 0.151 e. The first-order valence-electron chi connectivity index (χ1n) is 7.65. The van der Waals surface area contributed by atoms with E-state index in [2.05, 4.69) is 35.4 Å². The molecule has 0 amide bonds. The van der Waals surface area contributed by atoms with Crippen molar-refractivity contribution in [2.45, 2.75) is 64.6 Å². The molecule has 1 heterocycles. The molecule has 0 saturated heterocycles. The van der Waals surface area contributed by atoms with Crippen LogP contribution in [0.15, 0.2) is 10.6 Å². The van der Waals surface area contributed by atoms with E-state index in [4.69, 9.17) is 4.52 Å². The van der Waals surface area contributed by atoms with E-state index < -0.39 is 0 Å². The van der Waals surface area contributed by atoms with Gasteiger partial charge in [0.25, 0.3) is 0 Å². The van der Waals surface area contributed by atoms with E-state index in [9.17, 15) is 0 Å². The monoisotopic (exact) mass is 265 g/mol. The van der Waals surface area contributed by atoms with E-state index in [1.165, 1.54) is 32.1 Å². The van der Waals surface area contributed by atoms with Gasteiger partial charge in [0.2, 0.25) is 0 Å². The summed E-state index contributed by atoms with van der Waals surface area (Å²) in [6.07, 6.45) is 7.95. The maximum absolute atomic E-state index is 5.43. The van der Waals surface area contributed by atoms with Crippen LogP contribution in [0.2, 0.25) is 0 Å². The minimum absolute atomic E-state index is 0.723. The predicted octanol–water partition coefficient (Wildman–Crippen LogP) is 2.94. The Morgan fingerprint density at radius 3 is 2.89 bits per heavy atom. The lowest BCUT2D eigenvalue weighted by atomic mass is 9.94. The summed E-state index contributed by atoms with van der Waals surface area (Å²) in [4.78, 5) is 2.42. The summed E-state index contributed by atoms with van der Waals surface area (Å²) in [6, 6.07) is 2.81. The molecule has 0 spiro atoms. The van der Waals surface area contributed by atoms with Gasteiger partial charge in [-0.1, -0.05) is 31.3 Å². The van der Waals surface area contributed by atoms with Crippen molar-refractivity contribution in [1.29, 1.82) is 0 Å². The lowest BCUT2D eigenvalue weighted by Gasteiger charge is -2.30. The topological polar surface area (TPSA) is 41.3 Å². The molecule has 1 N–H and O–H groups in total. The molecule has 0 bridgehead atoms. The van der Waals surface area contributed by atoms with Crippen LogP contribution in [0.4, 0.5) is 0 Å². The average molecular weight is 265 g/mol. The molecule has 1 aromatic heterocycles. The highest BCUT2D eigenvalue weighted by Gasteiger charge is 2.19. The molecular formula is C15H27N3O. The van der Waals surface area contributed by atoms with Gasteiger partial charge in [0.05, 0.1) is 12.2 Å². The van der Waals surface area contributed by atoms with Crippen molar-refractivity contribution >= 4 is 0 Å². The first kappa shape index (κ1) is 14.5. The molecule has 0 unspecified atom stereocenters. The Kier molecular flexibility index (Phi) is 5.86. The molecule has 4 nitrogen and oxygen atoms in total. The van der Waals surface area contributed by atoms with Crippen LogP contribution >= 0.6 is 0 Å². The molecule has 0 aromatic carbocycles. The average Bonchev–Trinajstić information content (AvgIpc) is 2.88. The van der Waals surface area contributed by atoms with E-state index in [-0.39, 0.29) is 0 Å². The molecular weight excluding hydrogens is 238 g/mol. The third-order valence-electron chi connectivity index (χ3n) is 3.94. The van der Waals surface area contributed by atoms with Gasteiger partial charge < -0.3 is 9.84 Å². The van der Waals surface area contributed by atoms with Gasteiger partial charge in [-0.2, -0.15) is 0 Å². The minimum Gasteiger partial charge on any atom is -0.360 e. The number of nitrogens with one attached hydrogen (secondary N) is 1. The molecule has 1 fully saturated rings. The zero-order chi connectivity index (χ0) is 13.5. The first-order chi connectivity index (χ1) is 9.29. The Bertz CT molecular complexity index is 358. The van der Waals surface area contributed by atoms with Gasteiger partial charge in [-0.3, -0.25) is 4.90 Å². The van der Waals surface area contributed by atoms with Crippen molar-refractivity contribution in [2.24, 2.45) is 0 Å². The van der Waals surface area contributed by atoms with Gasteiger partial charge in [-0.15, -0.1) is 0 Å². The first-order valence-corrected chi connectivity index (χ1v) is 7.65. The third kappa shape index (κ3) is 4.62. The van der Waals surface area contributed by atoms with Crippen LogP contribution in [0.5, 0.6) is 0 Å². The molecule has 1 aliphatic rings. The van der Waals surface area contributed by atoms with E-state index >= 15 is 0 Å². The third-order valence-corrected chi connectivity index (χ3v) is 3.94. The molecule has 1 aliphatic carbocycles. The van der Waals surface area contributed by atoms with Gasteiger partial charge in [0.15, 0.2) is 5.76 Å². The van der Waals surface area contributed by atoms with Crippen molar-refractivity contribution in [3.63, 3.8) is 0 Å². The van der Waals surface area contributed by atoms with E-state index in [0.717, 1.165) is 43.6 Å². The van der Waals surface area contributed by atoms with E-state index in [0.29, 0.717) is 0 Å². The van der Waals surface area contributed by atoms with Crippen LogP contribution in [-0.4, -0.2) is 29.7 Å². The Morgan fingerprint density at radius 1 is 1.37 bits per heavy atom.